The molecule has 0 saturated carbocycles. The zero-order chi connectivity index (χ0) is 8.27. The first-order chi connectivity index (χ1) is 5.25. The van der Waals surface area contributed by atoms with Crippen LogP contribution in [0.2, 0.25) is 0 Å². The van der Waals surface area contributed by atoms with E-state index in [0.717, 1.165) is 6.07 Å². The summed E-state index contributed by atoms with van der Waals surface area (Å²) in [6.07, 6.45) is 0. The largest absolute Gasteiger partial charge is 0.319 e. The predicted molar refractivity (Wildman–Crippen MR) is 36.5 cm³/mol. The maximum atomic E-state index is 12.6. The van der Waals surface area contributed by atoms with E-state index in [4.69, 9.17) is 0 Å². The summed E-state index contributed by atoms with van der Waals surface area (Å²) in [5.74, 6) is -1.81. The molecule has 0 fully saturated rings. The third-order valence-electron chi connectivity index (χ3n) is 1.19. The molecule has 0 unspecified atom stereocenters. The predicted octanol–water partition coefficient (Wildman–Crippen LogP) is 1.73. The average Bonchev–Trinajstić information content (AvgIpc) is 2.04. The molecule has 4 heteroatoms. The Morgan fingerprint density at radius 3 is 2.55 bits per heavy atom. The van der Waals surface area contributed by atoms with E-state index in [1.54, 1.807) is 0 Å². The van der Waals surface area contributed by atoms with E-state index in [2.05, 4.69) is 5.18 Å². The van der Waals surface area contributed by atoms with Gasteiger partial charge in [-0.3, -0.25) is 4.79 Å². The second kappa shape index (κ2) is 3.01. The lowest BCUT2D eigenvalue weighted by atomic mass is 10.2. The zero-order valence-corrected chi connectivity index (χ0v) is 5.45. The second-order valence-electron chi connectivity index (χ2n) is 1.88. The number of hydrogen-bond donors (Lipinski definition) is 0. The molecule has 0 N–H and O–H groups in total. The molecule has 0 bridgehead atoms. The first-order valence-corrected chi connectivity index (χ1v) is 2.88. The third kappa shape index (κ3) is 1.46. The van der Waals surface area contributed by atoms with Crippen molar-refractivity contribution in [3.63, 3.8) is 0 Å². The van der Waals surface area contributed by atoms with E-state index in [9.17, 15) is 14.1 Å². The Kier molecular flexibility index (Phi) is 2.06. The Morgan fingerprint density at radius 2 is 2.00 bits per heavy atom. The molecule has 0 radical (unpaired) electrons. The maximum absolute atomic E-state index is 12.6. The fraction of sp³-hybridized carbons (Fsp3) is 0. The monoisotopic (exact) mass is 153 g/mol. The van der Waals surface area contributed by atoms with Crippen LogP contribution in [0, 0.1) is 10.7 Å². The summed E-state index contributed by atoms with van der Waals surface area (Å²) in [7, 11) is 0. The van der Waals surface area contributed by atoms with Gasteiger partial charge in [0, 0.05) is 5.18 Å². The highest BCUT2D eigenvalue weighted by Gasteiger charge is 2.09. The topological polar surface area (TPSA) is 46.5 Å². The van der Waals surface area contributed by atoms with Crippen LogP contribution in [0.15, 0.2) is 29.4 Å². The fourth-order valence-corrected chi connectivity index (χ4v) is 0.684. The van der Waals surface area contributed by atoms with Crippen molar-refractivity contribution in [1.82, 2.24) is 0 Å². The van der Waals surface area contributed by atoms with Gasteiger partial charge in [0.05, 0.1) is 5.56 Å². The molecule has 1 aromatic rings. The number of carbonyl (C=O) groups excluding carboxylic acids is 1. The Bertz CT molecular complexity index is 298. The zero-order valence-electron chi connectivity index (χ0n) is 5.45. The van der Waals surface area contributed by atoms with Gasteiger partial charge in [0.15, 0.2) is 0 Å². The minimum absolute atomic E-state index is 0.289. The second-order valence-corrected chi connectivity index (χ2v) is 1.88. The van der Waals surface area contributed by atoms with Crippen LogP contribution in [0.4, 0.5) is 4.39 Å². The SMILES string of the molecule is O=NC(=O)c1ccccc1F. The van der Waals surface area contributed by atoms with Gasteiger partial charge in [-0.2, -0.15) is 0 Å². The highest BCUT2D eigenvalue weighted by molar-refractivity contribution is 5.94. The summed E-state index contributed by atoms with van der Waals surface area (Å²) in [6.45, 7) is 0. The molecular formula is C7H4FNO2. The third-order valence-corrected chi connectivity index (χ3v) is 1.19. The van der Waals surface area contributed by atoms with Gasteiger partial charge in [-0.1, -0.05) is 12.1 Å². The maximum Gasteiger partial charge on any atom is 0.319 e. The molecule has 1 amide bonds. The van der Waals surface area contributed by atoms with Gasteiger partial charge < -0.3 is 0 Å². The van der Waals surface area contributed by atoms with Crippen LogP contribution < -0.4 is 0 Å². The van der Waals surface area contributed by atoms with E-state index < -0.39 is 11.7 Å². The van der Waals surface area contributed by atoms with Crippen LogP contribution in [0.3, 0.4) is 0 Å². The number of carbonyl (C=O) groups is 1. The van der Waals surface area contributed by atoms with Crippen molar-refractivity contribution in [3.05, 3.63) is 40.6 Å². The van der Waals surface area contributed by atoms with Gasteiger partial charge in [0.25, 0.3) is 0 Å². The van der Waals surface area contributed by atoms with Gasteiger partial charge in [0.1, 0.15) is 5.82 Å². The van der Waals surface area contributed by atoms with Crippen LogP contribution >= 0.6 is 0 Å². The summed E-state index contributed by atoms with van der Waals surface area (Å²) in [4.78, 5) is 20.2. The van der Waals surface area contributed by atoms with Crippen molar-refractivity contribution in [2.24, 2.45) is 5.18 Å². The van der Waals surface area contributed by atoms with Crippen LogP contribution in [-0.4, -0.2) is 5.91 Å². The molecule has 11 heavy (non-hydrogen) atoms. The van der Waals surface area contributed by atoms with Crippen LogP contribution in [0.5, 0.6) is 0 Å². The lowest BCUT2D eigenvalue weighted by molar-refractivity contribution is 0.0997. The van der Waals surface area contributed by atoms with Crippen molar-refractivity contribution in [2.75, 3.05) is 0 Å². The molecule has 0 saturated heterocycles. The minimum Gasteiger partial charge on any atom is -0.263 e. The minimum atomic E-state index is -1.08. The van der Waals surface area contributed by atoms with E-state index in [1.807, 2.05) is 0 Å². The number of halogens is 1. The molecule has 1 rings (SSSR count). The first kappa shape index (κ1) is 7.53. The normalized spacial score (nSPS) is 9.18. The molecule has 0 aromatic heterocycles. The van der Waals surface area contributed by atoms with Gasteiger partial charge >= 0.3 is 5.91 Å². The summed E-state index contributed by atoms with van der Waals surface area (Å²) >= 11 is 0. The van der Waals surface area contributed by atoms with Crippen molar-refractivity contribution in [2.45, 2.75) is 0 Å². The van der Waals surface area contributed by atoms with Crippen molar-refractivity contribution < 1.29 is 9.18 Å². The molecular weight excluding hydrogens is 149 g/mol. The van der Waals surface area contributed by atoms with Gasteiger partial charge in [0.2, 0.25) is 0 Å². The number of nitrogens with zero attached hydrogens (tertiary/aromatic N) is 1. The number of amides is 1. The summed E-state index contributed by atoms with van der Waals surface area (Å²) in [5, 5.41) is 2.09. The number of hydrogen-bond acceptors (Lipinski definition) is 2. The lowest BCUT2D eigenvalue weighted by Gasteiger charge is -1.92. The molecule has 0 aliphatic heterocycles. The van der Waals surface area contributed by atoms with E-state index >= 15 is 0 Å². The number of rotatable bonds is 1. The Morgan fingerprint density at radius 1 is 1.36 bits per heavy atom. The molecule has 0 spiro atoms. The summed E-state index contributed by atoms with van der Waals surface area (Å²) in [6, 6.07) is 5.19. The smallest absolute Gasteiger partial charge is 0.263 e. The molecule has 0 atom stereocenters. The number of nitroso groups, excluding NO2 is 1. The first-order valence-electron chi connectivity index (χ1n) is 2.88. The van der Waals surface area contributed by atoms with Crippen molar-refractivity contribution in [1.29, 1.82) is 0 Å². The Hall–Kier alpha value is -1.58. The van der Waals surface area contributed by atoms with Crippen LogP contribution in [-0.2, 0) is 0 Å². The fourth-order valence-electron chi connectivity index (χ4n) is 0.684. The van der Waals surface area contributed by atoms with Gasteiger partial charge in [-0.15, -0.1) is 4.91 Å². The van der Waals surface area contributed by atoms with Crippen LogP contribution in [0.1, 0.15) is 10.4 Å². The molecule has 1 aromatic carbocycles. The average molecular weight is 153 g/mol. The van der Waals surface area contributed by atoms with Crippen LogP contribution in [0.25, 0.3) is 0 Å². The quantitative estimate of drug-likeness (QED) is 0.577. The Labute approximate surface area is 61.8 Å². The molecule has 0 aliphatic carbocycles. The van der Waals surface area contributed by atoms with Gasteiger partial charge in [-0.25, -0.2) is 4.39 Å². The summed E-state index contributed by atoms with van der Waals surface area (Å²) < 4.78 is 12.6. The van der Waals surface area contributed by atoms with E-state index in [0.29, 0.717) is 0 Å². The van der Waals surface area contributed by atoms with E-state index in [1.165, 1.54) is 18.2 Å². The van der Waals surface area contributed by atoms with Crippen molar-refractivity contribution in [3.8, 4) is 0 Å². The Balaban J connectivity index is 3.13. The molecule has 0 heterocycles. The standard InChI is InChI=1S/C7H4FNO2/c8-6-4-2-1-3-5(6)7(10)9-11/h1-4H. The highest BCUT2D eigenvalue weighted by atomic mass is 19.1. The van der Waals surface area contributed by atoms with Gasteiger partial charge in [-0.05, 0) is 12.1 Å². The lowest BCUT2D eigenvalue weighted by Crippen LogP contribution is -1.96. The molecule has 56 valence electrons. The number of benzene rings is 1. The summed E-state index contributed by atoms with van der Waals surface area (Å²) in [5.41, 5.74) is -0.289. The van der Waals surface area contributed by atoms with Crippen molar-refractivity contribution >= 4 is 5.91 Å². The molecule has 0 aliphatic rings. The van der Waals surface area contributed by atoms with E-state index in [-0.39, 0.29) is 5.56 Å². The molecule has 3 nitrogen and oxygen atoms in total. The highest BCUT2D eigenvalue weighted by Crippen LogP contribution is 2.06.